The van der Waals surface area contributed by atoms with Crippen molar-refractivity contribution in [2.24, 2.45) is 0 Å². The zero-order chi connectivity index (χ0) is 9.19. The fraction of sp³-hybridized carbons (Fsp3) is 1.00. The van der Waals surface area contributed by atoms with Gasteiger partial charge in [0.05, 0.1) is 12.6 Å². The minimum atomic E-state index is -2.53. The Labute approximate surface area is 71.2 Å². The lowest BCUT2D eigenvalue weighted by Crippen LogP contribution is -2.32. The van der Waals surface area contributed by atoms with E-state index in [2.05, 4.69) is 0 Å². The van der Waals surface area contributed by atoms with Crippen LogP contribution in [-0.2, 0) is 0 Å². The Morgan fingerprint density at radius 2 is 2.25 bits per heavy atom. The van der Waals surface area contributed by atoms with E-state index in [4.69, 9.17) is 0 Å². The lowest BCUT2D eigenvalue weighted by molar-refractivity contribution is 0.00739. The number of halogens is 2. The summed E-state index contributed by atoms with van der Waals surface area (Å²) in [6, 6.07) is 0. The van der Waals surface area contributed by atoms with E-state index in [1.807, 2.05) is 6.92 Å². The third-order valence-electron chi connectivity index (χ3n) is 2.19. The number of alkyl halides is 2. The summed E-state index contributed by atoms with van der Waals surface area (Å²) < 4.78 is 25.3. The molecule has 1 N–H and O–H groups in total. The second-order valence-corrected chi connectivity index (χ2v) is 3.40. The molecule has 2 nitrogen and oxygen atoms in total. The third-order valence-corrected chi connectivity index (χ3v) is 2.19. The highest BCUT2D eigenvalue weighted by Crippen LogP contribution is 2.26. The van der Waals surface area contributed by atoms with Crippen molar-refractivity contribution in [2.45, 2.75) is 31.8 Å². The first-order chi connectivity index (χ1) is 5.53. The summed E-state index contributed by atoms with van der Waals surface area (Å²) >= 11 is 0. The highest BCUT2D eigenvalue weighted by Gasteiger charge is 2.38. The second kappa shape index (κ2) is 3.66. The van der Waals surface area contributed by atoms with Crippen LogP contribution in [0.5, 0.6) is 0 Å². The Morgan fingerprint density at radius 1 is 1.58 bits per heavy atom. The molecule has 72 valence electrons. The molecule has 12 heavy (non-hydrogen) atoms. The van der Waals surface area contributed by atoms with E-state index >= 15 is 0 Å². The maximum atomic E-state index is 12.6. The van der Waals surface area contributed by atoms with Gasteiger partial charge < -0.3 is 5.11 Å². The van der Waals surface area contributed by atoms with Crippen molar-refractivity contribution in [3.05, 3.63) is 0 Å². The number of aliphatic hydroxyl groups excluding tert-OH is 1. The summed E-state index contributed by atoms with van der Waals surface area (Å²) in [7, 11) is 0. The minimum Gasteiger partial charge on any atom is -0.392 e. The first kappa shape index (κ1) is 9.86. The molecule has 0 aromatic heterocycles. The van der Waals surface area contributed by atoms with Gasteiger partial charge in [0.25, 0.3) is 5.92 Å². The van der Waals surface area contributed by atoms with Crippen molar-refractivity contribution in [3.63, 3.8) is 0 Å². The maximum absolute atomic E-state index is 12.6. The van der Waals surface area contributed by atoms with Crippen LogP contribution in [0.15, 0.2) is 0 Å². The van der Waals surface area contributed by atoms with Gasteiger partial charge in [0.2, 0.25) is 0 Å². The monoisotopic (exact) mass is 179 g/mol. The fourth-order valence-electron chi connectivity index (χ4n) is 1.39. The molecule has 1 aliphatic rings. The molecule has 1 rings (SSSR count). The molecule has 4 heteroatoms. The van der Waals surface area contributed by atoms with Crippen LogP contribution >= 0.6 is 0 Å². The summed E-state index contributed by atoms with van der Waals surface area (Å²) in [5.74, 6) is -2.53. The number of hydrogen-bond donors (Lipinski definition) is 1. The maximum Gasteiger partial charge on any atom is 0.261 e. The number of likely N-dealkylation sites (tertiary alicyclic amines) is 1. The van der Waals surface area contributed by atoms with Crippen LogP contribution in [0.25, 0.3) is 0 Å². The predicted molar refractivity (Wildman–Crippen MR) is 42.3 cm³/mol. The number of β-amino-alcohol motifs (C(OH)–C–C–N with tert-alkyl or cyclic N) is 1. The van der Waals surface area contributed by atoms with Gasteiger partial charge in [-0.2, -0.15) is 0 Å². The van der Waals surface area contributed by atoms with E-state index in [0.29, 0.717) is 19.5 Å². The molecule has 0 amide bonds. The van der Waals surface area contributed by atoms with Gasteiger partial charge in [0, 0.05) is 19.5 Å². The van der Waals surface area contributed by atoms with Crippen molar-refractivity contribution in [3.8, 4) is 0 Å². The molecule has 1 unspecified atom stereocenters. The molecule has 0 aromatic rings. The average Bonchev–Trinajstić information content (AvgIpc) is 2.30. The lowest BCUT2D eigenvalue weighted by Gasteiger charge is -2.18. The van der Waals surface area contributed by atoms with Crippen molar-refractivity contribution in [1.82, 2.24) is 4.90 Å². The van der Waals surface area contributed by atoms with Crippen LogP contribution in [0.3, 0.4) is 0 Å². The number of hydrogen-bond acceptors (Lipinski definition) is 2. The molecule has 0 bridgehead atoms. The van der Waals surface area contributed by atoms with Gasteiger partial charge in [-0.1, -0.05) is 6.92 Å². The summed E-state index contributed by atoms with van der Waals surface area (Å²) in [4.78, 5) is 1.62. The van der Waals surface area contributed by atoms with Crippen LogP contribution in [0, 0.1) is 0 Å². The van der Waals surface area contributed by atoms with E-state index in [1.165, 1.54) is 0 Å². The molecule has 1 saturated heterocycles. The molecule has 0 aliphatic carbocycles. The van der Waals surface area contributed by atoms with Crippen LogP contribution in [-0.4, -0.2) is 41.7 Å². The van der Waals surface area contributed by atoms with Gasteiger partial charge in [0.1, 0.15) is 0 Å². The predicted octanol–water partition coefficient (Wildman–Crippen LogP) is 1.10. The largest absolute Gasteiger partial charge is 0.392 e. The summed E-state index contributed by atoms with van der Waals surface area (Å²) in [6.45, 7) is 2.44. The number of nitrogens with zero attached hydrogens (tertiary/aromatic N) is 1. The summed E-state index contributed by atoms with van der Waals surface area (Å²) in [6.07, 6.45) is 0.102. The van der Waals surface area contributed by atoms with E-state index in [-0.39, 0.29) is 13.0 Å². The van der Waals surface area contributed by atoms with E-state index in [0.717, 1.165) is 0 Å². The fourth-order valence-corrected chi connectivity index (χ4v) is 1.39. The third kappa shape index (κ3) is 2.68. The summed E-state index contributed by atoms with van der Waals surface area (Å²) in [5.41, 5.74) is 0. The number of rotatable bonds is 3. The standard InChI is InChI=1S/C8H15F2NO/c1-2-7(12)5-11-4-3-8(9,10)6-11/h7,12H,2-6H2,1H3. The smallest absolute Gasteiger partial charge is 0.261 e. The SMILES string of the molecule is CCC(O)CN1CCC(F)(F)C1. The Hall–Kier alpha value is -0.220. The van der Waals surface area contributed by atoms with Crippen LogP contribution in [0.4, 0.5) is 8.78 Å². The minimum absolute atomic E-state index is 0.0660. The van der Waals surface area contributed by atoms with E-state index in [9.17, 15) is 13.9 Å². The quantitative estimate of drug-likeness (QED) is 0.701. The second-order valence-electron chi connectivity index (χ2n) is 3.40. The molecular formula is C8H15F2NO. The highest BCUT2D eigenvalue weighted by atomic mass is 19.3. The van der Waals surface area contributed by atoms with Crippen molar-refractivity contribution in [1.29, 1.82) is 0 Å². The van der Waals surface area contributed by atoms with E-state index < -0.39 is 12.0 Å². The van der Waals surface area contributed by atoms with Crippen molar-refractivity contribution < 1.29 is 13.9 Å². The van der Waals surface area contributed by atoms with Gasteiger partial charge in [-0.05, 0) is 6.42 Å². The molecule has 1 fully saturated rings. The van der Waals surface area contributed by atoms with Crippen LogP contribution in [0.1, 0.15) is 19.8 Å². The van der Waals surface area contributed by atoms with Gasteiger partial charge >= 0.3 is 0 Å². The normalized spacial score (nSPS) is 26.0. The molecule has 0 saturated carbocycles. The lowest BCUT2D eigenvalue weighted by atomic mass is 10.2. The summed E-state index contributed by atoms with van der Waals surface area (Å²) in [5, 5.41) is 9.20. The topological polar surface area (TPSA) is 23.5 Å². The van der Waals surface area contributed by atoms with Gasteiger partial charge in [-0.25, -0.2) is 8.78 Å². The zero-order valence-electron chi connectivity index (χ0n) is 7.26. The van der Waals surface area contributed by atoms with Crippen LogP contribution < -0.4 is 0 Å². The molecular weight excluding hydrogens is 164 g/mol. The van der Waals surface area contributed by atoms with Gasteiger partial charge in [0.15, 0.2) is 0 Å². The Bertz CT molecular complexity index is 152. The molecule has 0 radical (unpaired) electrons. The van der Waals surface area contributed by atoms with E-state index in [1.54, 1.807) is 4.90 Å². The first-order valence-corrected chi connectivity index (χ1v) is 4.32. The molecule has 1 aliphatic heterocycles. The Morgan fingerprint density at radius 3 is 2.67 bits per heavy atom. The Balaban J connectivity index is 2.28. The van der Waals surface area contributed by atoms with Gasteiger partial charge in [-0.15, -0.1) is 0 Å². The number of aliphatic hydroxyl groups is 1. The van der Waals surface area contributed by atoms with Crippen LogP contribution in [0.2, 0.25) is 0 Å². The van der Waals surface area contributed by atoms with Crippen molar-refractivity contribution >= 4 is 0 Å². The first-order valence-electron chi connectivity index (χ1n) is 4.32. The molecule has 0 spiro atoms. The van der Waals surface area contributed by atoms with Crippen molar-refractivity contribution in [2.75, 3.05) is 19.6 Å². The highest BCUT2D eigenvalue weighted by molar-refractivity contribution is 4.82. The molecule has 1 atom stereocenters. The molecule has 0 aromatic carbocycles. The Kier molecular flexibility index (Phi) is 3.01. The van der Waals surface area contributed by atoms with Gasteiger partial charge in [-0.3, -0.25) is 4.90 Å². The average molecular weight is 179 g/mol. The zero-order valence-corrected chi connectivity index (χ0v) is 7.26. The molecule has 1 heterocycles.